The number of aromatic amines is 1. The third kappa shape index (κ3) is 5.94. The molecule has 7 N–H and O–H groups in total. The average Bonchev–Trinajstić information content (AvgIpc) is 3.71. The molecule has 7 atom stereocenters. The summed E-state index contributed by atoms with van der Waals surface area (Å²) >= 11 is 6.32. The Bertz CT molecular complexity index is 1160. The lowest BCUT2D eigenvalue weighted by atomic mass is 9.94. The van der Waals surface area contributed by atoms with E-state index in [0.717, 1.165) is 25.7 Å². The number of ether oxygens (including phenoxy) is 3. The number of allylic oxidation sites excluding steroid dienone is 1. The molecule has 3 unspecified atom stereocenters. The van der Waals surface area contributed by atoms with Crippen molar-refractivity contribution in [1.82, 2.24) is 30.9 Å². The summed E-state index contributed by atoms with van der Waals surface area (Å²) < 4.78 is 29.0. The summed E-state index contributed by atoms with van der Waals surface area (Å²) in [4.78, 5) is 24.4. The average molecular weight is 607 g/mol. The fourth-order valence-electron chi connectivity index (χ4n) is 5.20. The first kappa shape index (κ1) is 29.4. The lowest BCUT2D eigenvalue weighted by molar-refractivity contribution is -0.127. The molecule has 1 aromatic rings. The number of tetrazole rings is 1. The zero-order valence-electron chi connectivity index (χ0n) is 21.2. The minimum absolute atomic E-state index is 0.187. The number of aliphatic hydroxyl groups is 3. The maximum Gasteiger partial charge on any atom is 0.361 e. The van der Waals surface area contributed by atoms with Crippen LogP contribution in [0.25, 0.3) is 0 Å². The molecule has 17 nitrogen and oxygen atoms in total. The zero-order chi connectivity index (χ0) is 28.5. The smallest absolute Gasteiger partial charge is 0.361 e. The van der Waals surface area contributed by atoms with Gasteiger partial charge in [-0.25, -0.2) is 15.1 Å². The first-order valence-corrected chi connectivity index (χ1v) is 14.8. The highest BCUT2D eigenvalue weighted by molar-refractivity contribution is 7.53. The van der Waals surface area contributed by atoms with E-state index in [1.165, 1.54) is 0 Å². The van der Waals surface area contributed by atoms with E-state index in [9.17, 15) is 29.7 Å². The Morgan fingerprint density at radius 2 is 2.05 bits per heavy atom. The highest BCUT2D eigenvalue weighted by atomic mass is 35.5. The van der Waals surface area contributed by atoms with Crippen molar-refractivity contribution in [2.45, 2.75) is 74.3 Å². The fourth-order valence-corrected chi connectivity index (χ4v) is 6.09. The lowest BCUT2D eigenvalue weighted by Crippen LogP contribution is -2.46. The van der Waals surface area contributed by atoms with E-state index in [0.29, 0.717) is 5.82 Å². The quantitative estimate of drug-likeness (QED) is 0.132. The molecule has 4 aliphatic rings. The number of nitrogens with one attached hydrogen (secondary N) is 2. The standard InChI is InChI=1S/C21H32ClN8O9P/c22-14-5-16(24-11-3-1-2-4-11)30-20(25-14)12(6-23-30)19-18(33)17(32)13(39-19)7-38-21(9-31,40(34,35)36)10-37-8-15-26-28-29-27-15/h5-6,11-13,17-20,24,31-33H,1-4,7-10H2,(H2,34,35,36)(H,26,27,28,29)/t12?,13-,17-,18-,19-,20?,21?/m1/s1. The molecule has 5 rings (SSSR count). The minimum atomic E-state index is -5.12. The monoisotopic (exact) mass is 606 g/mol. The van der Waals surface area contributed by atoms with Gasteiger partial charge >= 0.3 is 7.60 Å². The molecular weight excluding hydrogens is 575 g/mol. The molecule has 222 valence electrons. The molecule has 1 aliphatic carbocycles. The van der Waals surface area contributed by atoms with E-state index in [4.69, 9.17) is 25.8 Å². The normalized spacial score (nSPS) is 32.2. The molecule has 2 fully saturated rings. The van der Waals surface area contributed by atoms with Gasteiger partial charge in [-0.15, -0.1) is 5.10 Å². The Hall–Kier alpha value is -2.05. The summed E-state index contributed by atoms with van der Waals surface area (Å²) in [5.74, 6) is 0.256. The van der Waals surface area contributed by atoms with Gasteiger partial charge in [0.05, 0.1) is 31.8 Å². The summed E-state index contributed by atoms with van der Waals surface area (Å²) in [6, 6.07) is 0.289. The number of hydrogen-bond acceptors (Lipinski definition) is 14. The molecule has 0 aromatic carbocycles. The number of nitrogens with zero attached hydrogens (tertiary/aromatic N) is 6. The molecular formula is C21H32ClN8O9P. The summed E-state index contributed by atoms with van der Waals surface area (Å²) in [6.45, 7) is -2.66. The van der Waals surface area contributed by atoms with Gasteiger partial charge in [-0.2, -0.15) is 5.10 Å². The second kappa shape index (κ2) is 12.1. The number of H-pyrrole nitrogens is 1. The van der Waals surface area contributed by atoms with E-state index in [1.807, 2.05) is 0 Å². The van der Waals surface area contributed by atoms with Crippen LogP contribution in [0.1, 0.15) is 31.5 Å². The van der Waals surface area contributed by atoms with Crippen LogP contribution < -0.4 is 5.32 Å². The number of halogens is 1. The SMILES string of the molecule is O=P(O)(O)C(CO)(COCc1nnn[nH]1)OC[C@H]1O[C@H](C2C=NN3C(NC4CCCC4)=CC(Cl)=NC23)[C@H](O)[C@@H]1O. The predicted octanol–water partition coefficient (Wildman–Crippen LogP) is -1.64. The number of aliphatic imine (C=N–C) groups is 1. The van der Waals surface area contributed by atoms with Gasteiger partial charge in [0.1, 0.15) is 35.9 Å². The molecule has 4 heterocycles. The summed E-state index contributed by atoms with van der Waals surface area (Å²) in [6.07, 6.45) is 1.88. The van der Waals surface area contributed by atoms with E-state index in [1.54, 1.807) is 17.3 Å². The fraction of sp³-hybridized carbons (Fsp3) is 0.762. The maximum absolute atomic E-state index is 12.3. The van der Waals surface area contributed by atoms with Crippen molar-refractivity contribution >= 4 is 30.6 Å². The predicted molar refractivity (Wildman–Crippen MR) is 137 cm³/mol. The van der Waals surface area contributed by atoms with Gasteiger partial charge < -0.3 is 44.6 Å². The highest BCUT2D eigenvalue weighted by Crippen LogP contribution is 2.51. The number of rotatable bonds is 12. The highest BCUT2D eigenvalue weighted by Gasteiger charge is 2.54. The van der Waals surface area contributed by atoms with Crippen molar-refractivity contribution in [2.24, 2.45) is 16.0 Å². The largest absolute Gasteiger partial charge is 0.393 e. The zero-order valence-corrected chi connectivity index (χ0v) is 22.9. The second-order valence-corrected chi connectivity index (χ2v) is 12.4. The van der Waals surface area contributed by atoms with Gasteiger partial charge in [-0.1, -0.05) is 24.4 Å². The summed E-state index contributed by atoms with van der Waals surface area (Å²) in [5, 5.41) is 51.6. The topological polar surface area (TPSA) is 240 Å². The Balaban J connectivity index is 1.23. The van der Waals surface area contributed by atoms with Crippen LogP contribution in [-0.4, -0.2) is 124 Å². The molecule has 0 spiro atoms. The minimum Gasteiger partial charge on any atom is -0.393 e. The van der Waals surface area contributed by atoms with Crippen LogP contribution in [0.3, 0.4) is 0 Å². The van der Waals surface area contributed by atoms with E-state index in [-0.39, 0.29) is 23.6 Å². The molecule has 40 heavy (non-hydrogen) atoms. The van der Waals surface area contributed by atoms with Crippen LogP contribution in [0, 0.1) is 5.92 Å². The summed E-state index contributed by atoms with van der Waals surface area (Å²) in [5.41, 5.74) is 0. The third-order valence-corrected chi connectivity index (χ3v) is 9.12. The Morgan fingerprint density at radius 3 is 2.73 bits per heavy atom. The number of aliphatic hydroxyl groups excluding tert-OH is 3. The lowest BCUT2D eigenvalue weighted by Gasteiger charge is -2.34. The van der Waals surface area contributed by atoms with Gasteiger partial charge in [0, 0.05) is 18.3 Å². The van der Waals surface area contributed by atoms with Crippen molar-refractivity contribution in [3.05, 3.63) is 17.7 Å². The first-order chi connectivity index (χ1) is 19.1. The number of aromatic nitrogens is 4. The first-order valence-electron chi connectivity index (χ1n) is 12.8. The number of hydrazone groups is 1. The molecule has 1 saturated carbocycles. The summed E-state index contributed by atoms with van der Waals surface area (Å²) in [7, 11) is -5.12. The van der Waals surface area contributed by atoms with E-state index in [2.05, 4.69) is 36.0 Å². The van der Waals surface area contributed by atoms with E-state index >= 15 is 0 Å². The van der Waals surface area contributed by atoms with Gasteiger partial charge in [0.25, 0.3) is 0 Å². The molecule has 3 aliphatic heterocycles. The van der Waals surface area contributed by atoms with Crippen LogP contribution >= 0.6 is 19.2 Å². The van der Waals surface area contributed by atoms with Crippen LogP contribution in [-0.2, 0) is 25.4 Å². The van der Waals surface area contributed by atoms with E-state index < -0.39 is 69.3 Å². The Morgan fingerprint density at radius 1 is 1.27 bits per heavy atom. The van der Waals surface area contributed by atoms with Gasteiger partial charge in [-0.05, 0) is 23.3 Å². The molecule has 0 amide bonds. The van der Waals surface area contributed by atoms with Crippen molar-refractivity contribution in [1.29, 1.82) is 0 Å². The third-order valence-electron chi connectivity index (χ3n) is 7.45. The van der Waals surface area contributed by atoms with Gasteiger partial charge in [0.15, 0.2) is 12.0 Å². The van der Waals surface area contributed by atoms with Crippen molar-refractivity contribution in [3.63, 3.8) is 0 Å². The van der Waals surface area contributed by atoms with Crippen molar-refractivity contribution < 1.29 is 43.9 Å². The van der Waals surface area contributed by atoms with Gasteiger partial charge in [0.2, 0.25) is 5.34 Å². The molecule has 0 bridgehead atoms. The molecule has 0 radical (unpaired) electrons. The maximum atomic E-state index is 12.3. The molecule has 19 heteroatoms. The second-order valence-electron chi connectivity index (χ2n) is 10.1. The molecule has 1 aromatic heterocycles. The Labute approximate surface area is 233 Å². The van der Waals surface area contributed by atoms with Crippen LogP contribution in [0.4, 0.5) is 0 Å². The number of hydrogen-bond donors (Lipinski definition) is 7. The van der Waals surface area contributed by atoms with Crippen molar-refractivity contribution in [3.8, 4) is 0 Å². The molecule has 1 saturated heterocycles. The van der Waals surface area contributed by atoms with Crippen LogP contribution in [0.5, 0.6) is 0 Å². The van der Waals surface area contributed by atoms with Crippen LogP contribution in [0.15, 0.2) is 22.0 Å². The van der Waals surface area contributed by atoms with Crippen molar-refractivity contribution in [2.75, 3.05) is 19.8 Å². The van der Waals surface area contributed by atoms with Gasteiger partial charge in [-0.3, -0.25) is 4.57 Å². The number of fused-ring (bicyclic) bond motifs is 1. The van der Waals surface area contributed by atoms with Crippen LogP contribution in [0.2, 0.25) is 0 Å². The Kier molecular flexibility index (Phi) is 8.87.